The maximum Gasteiger partial charge on any atom is 0.410 e. The lowest BCUT2D eigenvalue weighted by molar-refractivity contribution is 0.00928. The van der Waals surface area contributed by atoms with Crippen molar-refractivity contribution in [2.75, 3.05) is 26.7 Å². The lowest BCUT2D eigenvalue weighted by Crippen LogP contribution is -2.52. The van der Waals surface area contributed by atoms with E-state index in [-0.39, 0.29) is 48.5 Å². The van der Waals surface area contributed by atoms with Gasteiger partial charge in [-0.05, 0) is 64.5 Å². The number of piperidine rings is 1. The van der Waals surface area contributed by atoms with Crippen molar-refractivity contribution in [1.82, 2.24) is 20.1 Å². The summed E-state index contributed by atoms with van der Waals surface area (Å²) >= 11 is 0. The number of guanidine groups is 1. The molecule has 1 aromatic heterocycles. The molecule has 0 atom stereocenters. The highest BCUT2D eigenvalue weighted by atomic mass is 127. The van der Waals surface area contributed by atoms with E-state index in [0.29, 0.717) is 11.6 Å². The van der Waals surface area contributed by atoms with E-state index in [9.17, 15) is 9.18 Å². The Bertz CT molecular complexity index is 759. The molecule has 7 nitrogen and oxygen atoms in total. The van der Waals surface area contributed by atoms with Crippen LogP contribution in [0.3, 0.4) is 0 Å². The molecule has 0 bridgehead atoms. The molecule has 2 fully saturated rings. The summed E-state index contributed by atoms with van der Waals surface area (Å²) in [7, 11) is 1.73. The molecule has 1 amide bonds. The van der Waals surface area contributed by atoms with Gasteiger partial charge in [0, 0.05) is 38.9 Å². The number of nitrogens with one attached hydrogen (secondary N) is 1. The Balaban J connectivity index is 0.00000341. The number of halogens is 2. The molecule has 2 heterocycles. The Labute approximate surface area is 201 Å². The van der Waals surface area contributed by atoms with Crippen LogP contribution in [0.15, 0.2) is 23.3 Å². The first kappa shape index (κ1) is 25.6. The number of amides is 1. The van der Waals surface area contributed by atoms with Crippen LogP contribution in [0, 0.1) is 11.7 Å². The van der Waals surface area contributed by atoms with Crippen LogP contribution < -0.4 is 5.32 Å². The second kappa shape index (κ2) is 11.3. The van der Waals surface area contributed by atoms with Crippen LogP contribution in [0.4, 0.5) is 9.18 Å². The van der Waals surface area contributed by atoms with E-state index < -0.39 is 5.60 Å². The van der Waals surface area contributed by atoms with Crippen molar-refractivity contribution in [3.8, 4) is 0 Å². The summed E-state index contributed by atoms with van der Waals surface area (Å²) < 4.78 is 19.5. The zero-order chi connectivity index (χ0) is 21.7. The van der Waals surface area contributed by atoms with Gasteiger partial charge in [-0.1, -0.05) is 0 Å². The minimum absolute atomic E-state index is 0. The monoisotopic (exact) mass is 547 g/mol. The lowest BCUT2D eigenvalue weighted by atomic mass is 10.0. The minimum atomic E-state index is -0.494. The number of nitrogens with zero attached hydrogens (tertiary/aromatic N) is 4. The fourth-order valence-electron chi connectivity index (χ4n) is 3.70. The van der Waals surface area contributed by atoms with Crippen LogP contribution >= 0.6 is 24.0 Å². The minimum Gasteiger partial charge on any atom is -0.444 e. The zero-order valence-electron chi connectivity index (χ0n) is 18.9. The largest absolute Gasteiger partial charge is 0.444 e. The molecule has 1 N–H and O–H groups in total. The molecule has 1 aromatic rings. The first-order chi connectivity index (χ1) is 14.3. The first-order valence-electron chi connectivity index (χ1n) is 10.8. The van der Waals surface area contributed by atoms with E-state index in [1.54, 1.807) is 19.3 Å². The van der Waals surface area contributed by atoms with Crippen LogP contribution in [0.2, 0.25) is 0 Å². The highest BCUT2D eigenvalue weighted by Gasteiger charge is 2.35. The van der Waals surface area contributed by atoms with Gasteiger partial charge in [-0.3, -0.25) is 9.98 Å². The number of aliphatic imine (C=N–C) groups is 1. The normalized spacial score (nSPS) is 17.7. The molecule has 0 radical (unpaired) electrons. The topological polar surface area (TPSA) is 70.1 Å². The van der Waals surface area contributed by atoms with Crippen LogP contribution in [-0.4, -0.2) is 65.2 Å². The standard InChI is InChI=1S/C22H34FN5O2.HI/c1-22(2,3)30-21(29)28(15-16-7-8-16)17-9-12-27(13-10-17)20(24-4)26-14-19-18(23)6-5-11-25-19;/h5-6,11,16-17H,7-10,12-15H2,1-4H3,(H,24,26);1H. The zero-order valence-corrected chi connectivity index (χ0v) is 21.3. The highest BCUT2D eigenvalue weighted by Crippen LogP contribution is 2.32. The fraction of sp³-hybridized carbons (Fsp3) is 0.682. The SMILES string of the molecule is CN=C(NCc1ncccc1F)N1CCC(N(CC2CC2)C(=O)OC(C)(C)C)CC1.I. The molecular formula is C22H35FIN5O2. The molecule has 3 rings (SSSR count). The van der Waals surface area contributed by atoms with Crippen molar-refractivity contribution in [1.29, 1.82) is 0 Å². The van der Waals surface area contributed by atoms with Crippen molar-refractivity contribution in [3.63, 3.8) is 0 Å². The number of likely N-dealkylation sites (tertiary alicyclic amines) is 1. The van der Waals surface area contributed by atoms with Gasteiger partial charge >= 0.3 is 6.09 Å². The molecule has 174 valence electrons. The predicted molar refractivity (Wildman–Crippen MR) is 130 cm³/mol. The Hall–Kier alpha value is -1.65. The molecule has 9 heteroatoms. The number of rotatable bonds is 5. The molecule has 1 saturated heterocycles. The summed E-state index contributed by atoms with van der Waals surface area (Å²) in [5, 5.41) is 3.20. The molecule has 1 aliphatic carbocycles. The van der Waals surface area contributed by atoms with E-state index in [0.717, 1.165) is 38.4 Å². The second-order valence-electron chi connectivity index (χ2n) is 9.13. The average molecular weight is 547 g/mol. The van der Waals surface area contributed by atoms with E-state index in [1.807, 2.05) is 25.7 Å². The van der Waals surface area contributed by atoms with Crippen molar-refractivity contribution in [2.24, 2.45) is 10.9 Å². The van der Waals surface area contributed by atoms with Gasteiger partial charge in [-0.25, -0.2) is 9.18 Å². The van der Waals surface area contributed by atoms with Gasteiger partial charge in [0.05, 0.1) is 12.2 Å². The van der Waals surface area contributed by atoms with Gasteiger partial charge in [-0.15, -0.1) is 24.0 Å². The fourth-order valence-corrected chi connectivity index (χ4v) is 3.70. The summed E-state index contributed by atoms with van der Waals surface area (Å²) in [6.45, 7) is 8.34. The molecule has 2 aliphatic rings. The van der Waals surface area contributed by atoms with E-state index in [1.165, 1.54) is 18.9 Å². The molecule has 0 aromatic carbocycles. The van der Waals surface area contributed by atoms with Crippen LogP contribution in [0.1, 0.15) is 52.1 Å². The smallest absolute Gasteiger partial charge is 0.410 e. The van der Waals surface area contributed by atoms with Crippen LogP contribution in [0.5, 0.6) is 0 Å². The first-order valence-corrected chi connectivity index (χ1v) is 10.8. The van der Waals surface area contributed by atoms with Crippen molar-refractivity contribution in [3.05, 3.63) is 29.8 Å². The summed E-state index contributed by atoms with van der Waals surface area (Å²) in [6.07, 6.45) is 5.47. The van der Waals surface area contributed by atoms with Gasteiger partial charge in [0.15, 0.2) is 5.96 Å². The maximum atomic E-state index is 13.8. The van der Waals surface area contributed by atoms with Crippen molar-refractivity contribution < 1.29 is 13.9 Å². The number of hydrogen-bond acceptors (Lipinski definition) is 4. The molecule has 1 saturated carbocycles. The summed E-state index contributed by atoms with van der Waals surface area (Å²) in [6, 6.07) is 3.16. The maximum absolute atomic E-state index is 13.8. The number of pyridine rings is 1. The number of hydrogen-bond donors (Lipinski definition) is 1. The predicted octanol–water partition coefficient (Wildman–Crippen LogP) is 4.03. The molecule has 1 aliphatic heterocycles. The highest BCUT2D eigenvalue weighted by molar-refractivity contribution is 14.0. The number of ether oxygens (including phenoxy) is 1. The molecule has 0 unspecified atom stereocenters. The number of carbonyl (C=O) groups is 1. The molecule has 31 heavy (non-hydrogen) atoms. The summed E-state index contributed by atoms with van der Waals surface area (Å²) in [4.78, 5) is 25.3. The Kier molecular flexibility index (Phi) is 9.32. The molecule has 0 spiro atoms. The van der Waals surface area contributed by atoms with E-state index >= 15 is 0 Å². The summed E-state index contributed by atoms with van der Waals surface area (Å²) in [5.41, 5.74) is -0.124. The van der Waals surface area contributed by atoms with Gasteiger partial charge in [0.1, 0.15) is 11.4 Å². The van der Waals surface area contributed by atoms with Gasteiger partial charge in [-0.2, -0.15) is 0 Å². The third kappa shape index (κ3) is 7.76. The second-order valence-corrected chi connectivity index (χ2v) is 9.13. The third-order valence-electron chi connectivity index (χ3n) is 5.45. The van der Waals surface area contributed by atoms with Crippen molar-refractivity contribution >= 4 is 36.0 Å². The average Bonchev–Trinajstić information content (AvgIpc) is 3.51. The molecular weight excluding hydrogens is 512 g/mol. The van der Waals surface area contributed by atoms with E-state index in [4.69, 9.17) is 4.74 Å². The van der Waals surface area contributed by atoms with Crippen molar-refractivity contribution in [2.45, 2.75) is 64.6 Å². The lowest BCUT2D eigenvalue weighted by Gasteiger charge is -2.40. The van der Waals surface area contributed by atoms with E-state index in [2.05, 4.69) is 20.2 Å². The quantitative estimate of drug-likeness (QED) is 0.343. The van der Waals surface area contributed by atoms with Gasteiger partial charge in [0.2, 0.25) is 0 Å². The Morgan fingerprint density at radius 1 is 1.32 bits per heavy atom. The Morgan fingerprint density at radius 3 is 2.55 bits per heavy atom. The van der Waals surface area contributed by atoms with Crippen LogP contribution in [-0.2, 0) is 11.3 Å². The van der Waals surface area contributed by atoms with Crippen LogP contribution in [0.25, 0.3) is 0 Å². The van der Waals surface area contributed by atoms with Gasteiger partial charge < -0.3 is 19.9 Å². The van der Waals surface area contributed by atoms with Gasteiger partial charge in [0.25, 0.3) is 0 Å². The Morgan fingerprint density at radius 2 is 2.00 bits per heavy atom. The number of aromatic nitrogens is 1. The number of carbonyl (C=O) groups excluding carboxylic acids is 1. The summed E-state index contributed by atoms with van der Waals surface area (Å²) in [5.74, 6) is 1.01. The third-order valence-corrected chi connectivity index (χ3v) is 5.45.